The van der Waals surface area contributed by atoms with Gasteiger partial charge in [-0.05, 0) is 43.5 Å². The minimum Gasteiger partial charge on any atom is -0.493 e. The van der Waals surface area contributed by atoms with Gasteiger partial charge in [0.1, 0.15) is 29.5 Å². The summed E-state index contributed by atoms with van der Waals surface area (Å²) in [5, 5.41) is 13.5. The topological polar surface area (TPSA) is 146 Å². The standard InChI is InChI=1S/C39H59FN5O6P.C2H6/c1-2-3-4-5-6-7-8-9-10-11-12-13-14-15-16-21-47-26-32(27-48-35-23-31(25-41)22-33(40)24-35)28-49-52(46)50-29-34-17-20-38(51-34)36-18-19-37-39(42)43-30-44-45(36)37;1-2/h18-19,22-24,30,32,34,38,46H,2-17,20-21,26-29H2,1H3,(H2,42,43,44);1-2H3. The summed E-state index contributed by atoms with van der Waals surface area (Å²) in [5.74, 6) is -0.138. The predicted molar refractivity (Wildman–Crippen MR) is 212 cm³/mol. The molecule has 4 rings (SSSR count). The third kappa shape index (κ3) is 17.3. The molecular formula is C41H65FN5O6P. The molecule has 1 aromatic carbocycles. The van der Waals surface area contributed by atoms with Crippen LogP contribution in [0.1, 0.15) is 147 Å². The molecule has 0 bridgehead atoms. The van der Waals surface area contributed by atoms with Gasteiger partial charge >= 0.3 is 8.60 Å². The van der Waals surface area contributed by atoms with Crippen molar-refractivity contribution in [3.8, 4) is 11.8 Å². The third-order valence-electron chi connectivity index (χ3n) is 9.47. The van der Waals surface area contributed by atoms with Crippen LogP contribution in [0, 0.1) is 23.1 Å². The van der Waals surface area contributed by atoms with E-state index < -0.39 is 14.4 Å². The van der Waals surface area contributed by atoms with Crippen LogP contribution in [0.5, 0.6) is 5.75 Å². The monoisotopic (exact) mass is 773 g/mol. The fourth-order valence-corrected chi connectivity index (χ4v) is 7.22. The molecular weight excluding hydrogens is 708 g/mol. The van der Waals surface area contributed by atoms with Crippen LogP contribution < -0.4 is 10.5 Å². The van der Waals surface area contributed by atoms with Crippen LogP contribution in [-0.4, -0.2) is 58.6 Å². The van der Waals surface area contributed by atoms with Gasteiger partial charge in [-0.2, -0.15) is 10.4 Å². The number of anilines is 1. The van der Waals surface area contributed by atoms with E-state index in [1.54, 1.807) is 4.52 Å². The van der Waals surface area contributed by atoms with Crippen LogP contribution in [-0.2, 0) is 18.5 Å². The Kier molecular flexibility index (Phi) is 23.3. The highest BCUT2D eigenvalue weighted by Gasteiger charge is 2.30. The van der Waals surface area contributed by atoms with E-state index in [0.717, 1.165) is 43.0 Å². The van der Waals surface area contributed by atoms with E-state index in [0.29, 0.717) is 19.0 Å². The van der Waals surface area contributed by atoms with Gasteiger partial charge in [0.2, 0.25) is 0 Å². The predicted octanol–water partition coefficient (Wildman–Crippen LogP) is 10.4. The van der Waals surface area contributed by atoms with Gasteiger partial charge in [-0.3, -0.25) is 0 Å². The Morgan fingerprint density at radius 2 is 1.59 bits per heavy atom. The minimum absolute atomic E-state index is 0.118. The number of rotatable bonds is 28. The van der Waals surface area contributed by atoms with E-state index in [4.69, 9.17) is 29.0 Å². The van der Waals surface area contributed by atoms with Crippen LogP contribution in [0.25, 0.3) is 5.52 Å². The number of nitriles is 1. The van der Waals surface area contributed by atoms with Crippen LogP contribution in [0.15, 0.2) is 36.7 Å². The number of fused-ring (bicyclic) bond motifs is 1. The first kappa shape index (κ1) is 45.5. The highest BCUT2D eigenvalue weighted by molar-refractivity contribution is 7.40. The molecule has 1 aliphatic rings. The van der Waals surface area contributed by atoms with E-state index in [-0.39, 0.29) is 49.3 Å². The van der Waals surface area contributed by atoms with Crippen LogP contribution in [0.2, 0.25) is 0 Å². The molecule has 0 spiro atoms. The highest BCUT2D eigenvalue weighted by Crippen LogP contribution is 2.38. The number of benzene rings is 1. The van der Waals surface area contributed by atoms with Crippen molar-refractivity contribution in [3.05, 3.63) is 53.7 Å². The van der Waals surface area contributed by atoms with Gasteiger partial charge in [-0.25, -0.2) is 13.9 Å². The Balaban J connectivity index is 0.00000385. The molecule has 2 aromatic heterocycles. The number of halogens is 1. The third-order valence-corrected chi connectivity index (χ3v) is 10.2. The second kappa shape index (κ2) is 27.6. The number of hydrogen-bond acceptors (Lipinski definition) is 10. The highest BCUT2D eigenvalue weighted by atomic mass is 31.2. The first-order valence-electron chi connectivity index (χ1n) is 20.4. The maximum absolute atomic E-state index is 14.0. The first-order valence-corrected chi connectivity index (χ1v) is 21.5. The zero-order chi connectivity index (χ0) is 38.8. The van der Waals surface area contributed by atoms with Crippen molar-refractivity contribution in [2.75, 3.05) is 38.8 Å². The van der Waals surface area contributed by atoms with E-state index >= 15 is 0 Å². The average Bonchev–Trinajstić information content (AvgIpc) is 3.84. The summed E-state index contributed by atoms with van der Waals surface area (Å²) in [6.45, 7) is 7.68. The molecule has 1 fully saturated rings. The normalized spacial score (nSPS) is 16.5. The maximum atomic E-state index is 14.0. The number of nitrogens with zero attached hydrogens (tertiary/aromatic N) is 4. The van der Waals surface area contributed by atoms with Crippen molar-refractivity contribution < 1.29 is 32.5 Å². The number of hydrogen-bond donors (Lipinski definition) is 2. The Morgan fingerprint density at radius 3 is 2.26 bits per heavy atom. The summed E-state index contributed by atoms with van der Waals surface area (Å²) in [6.07, 6.45) is 22.1. The Morgan fingerprint density at radius 1 is 0.926 bits per heavy atom. The van der Waals surface area contributed by atoms with Crippen molar-refractivity contribution in [1.82, 2.24) is 14.6 Å². The molecule has 1 aliphatic heterocycles. The smallest absolute Gasteiger partial charge is 0.329 e. The fourth-order valence-electron chi connectivity index (χ4n) is 6.51. The molecule has 0 amide bonds. The molecule has 1 saturated heterocycles. The lowest BCUT2D eigenvalue weighted by atomic mass is 10.0. The van der Waals surface area contributed by atoms with Gasteiger partial charge in [0.15, 0.2) is 5.82 Å². The zero-order valence-electron chi connectivity index (χ0n) is 32.9. The van der Waals surface area contributed by atoms with Crippen molar-refractivity contribution in [2.24, 2.45) is 5.92 Å². The number of aromatic nitrogens is 3. The van der Waals surface area contributed by atoms with Gasteiger partial charge in [-0.1, -0.05) is 111 Å². The summed E-state index contributed by atoms with van der Waals surface area (Å²) in [6, 6.07) is 9.65. The van der Waals surface area contributed by atoms with Crippen molar-refractivity contribution in [3.63, 3.8) is 0 Å². The Hall–Kier alpha value is -2.91. The molecule has 0 aliphatic carbocycles. The quantitative estimate of drug-likeness (QED) is 0.0540. The van der Waals surface area contributed by atoms with Gasteiger partial charge < -0.3 is 33.9 Å². The summed E-state index contributed by atoms with van der Waals surface area (Å²) >= 11 is 0. The summed E-state index contributed by atoms with van der Waals surface area (Å²) < 4.78 is 45.1. The molecule has 4 unspecified atom stereocenters. The van der Waals surface area contributed by atoms with Gasteiger partial charge in [0.05, 0.1) is 49.9 Å². The second-order valence-corrected chi connectivity index (χ2v) is 14.8. The van der Waals surface area contributed by atoms with E-state index in [9.17, 15) is 14.5 Å². The van der Waals surface area contributed by atoms with E-state index in [2.05, 4.69) is 17.0 Å². The largest absolute Gasteiger partial charge is 0.493 e. The van der Waals surface area contributed by atoms with Crippen molar-refractivity contribution >= 4 is 19.9 Å². The van der Waals surface area contributed by atoms with Crippen molar-refractivity contribution in [1.29, 1.82) is 5.26 Å². The number of nitrogen functional groups attached to an aromatic ring is 1. The molecule has 13 heteroatoms. The first-order chi connectivity index (χ1) is 26.5. The van der Waals surface area contributed by atoms with Gasteiger partial charge in [0.25, 0.3) is 0 Å². The van der Waals surface area contributed by atoms with Crippen LogP contribution in [0.3, 0.4) is 0 Å². The molecule has 302 valence electrons. The fraction of sp³-hybridized carbons (Fsp3) is 0.683. The summed E-state index contributed by atoms with van der Waals surface area (Å²) in [5.41, 5.74) is 7.77. The Bertz CT molecular complexity index is 1480. The molecule has 3 N–H and O–H groups in total. The SMILES string of the molecule is CC.CCCCCCCCCCCCCCCCCOCC(COc1cc(F)cc(C#N)c1)COP(O)OCC1CCC(c2ccc3c(N)ncnn23)O1. The lowest BCUT2D eigenvalue weighted by molar-refractivity contribution is 0.00717. The van der Waals surface area contributed by atoms with Gasteiger partial charge in [0, 0.05) is 18.6 Å². The average molecular weight is 774 g/mol. The number of ether oxygens (including phenoxy) is 3. The van der Waals surface area contributed by atoms with Gasteiger partial charge in [-0.15, -0.1) is 0 Å². The molecule has 11 nitrogen and oxygen atoms in total. The lowest BCUT2D eigenvalue weighted by Gasteiger charge is -2.20. The summed E-state index contributed by atoms with van der Waals surface area (Å²) in [7, 11) is -2.18. The van der Waals surface area contributed by atoms with Crippen molar-refractivity contribution in [2.45, 2.75) is 142 Å². The molecule has 0 radical (unpaired) electrons. The zero-order valence-corrected chi connectivity index (χ0v) is 33.8. The molecule has 4 atom stereocenters. The van der Waals surface area contributed by atoms with E-state index in [1.165, 1.54) is 102 Å². The molecule has 3 aromatic rings. The molecule has 0 saturated carbocycles. The van der Waals surface area contributed by atoms with E-state index in [1.807, 2.05) is 32.0 Å². The summed E-state index contributed by atoms with van der Waals surface area (Å²) in [4.78, 5) is 14.6. The van der Waals surface area contributed by atoms with Crippen LogP contribution in [0.4, 0.5) is 10.2 Å². The Labute approximate surface area is 324 Å². The molecule has 3 heterocycles. The lowest BCUT2D eigenvalue weighted by Crippen LogP contribution is -2.23. The minimum atomic E-state index is -2.18. The van der Waals surface area contributed by atoms with Crippen LogP contribution >= 0.6 is 8.60 Å². The number of unbranched alkanes of at least 4 members (excludes halogenated alkanes) is 14. The second-order valence-electron chi connectivity index (χ2n) is 13.8. The number of nitrogens with two attached hydrogens (primary N) is 1. The molecule has 54 heavy (non-hydrogen) atoms. The maximum Gasteiger partial charge on any atom is 0.329 e.